The van der Waals surface area contributed by atoms with Crippen molar-refractivity contribution in [1.82, 2.24) is 19.4 Å². The van der Waals surface area contributed by atoms with E-state index in [-0.39, 0.29) is 29.5 Å². The van der Waals surface area contributed by atoms with Crippen LogP contribution in [0, 0.1) is 23.6 Å². The second kappa shape index (κ2) is 9.60. The molecule has 0 radical (unpaired) electrons. The van der Waals surface area contributed by atoms with E-state index in [0.29, 0.717) is 59.4 Å². The van der Waals surface area contributed by atoms with Gasteiger partial charge in [0.1, 0.15) is 23.0 Å². The van der Waals surface area contributed by atoms with Crippen LogP contribution < -0.4 is 4.74 Å². The van der Waals surface area contributed by atoms with E-state index in [2.05, 4.69) is 15.0 Å². The number of pyridine rings is 1. The minimum absolute atomic E-state index is 0.00549. The molecule has 0 amide bonds. The number of benzene rings is 1. The number of aryl methyl sites for hydroxylation is 1. The van der Waals surface area contributed by atoms with Gasteiger partial charge in [-0.25, -0.2) is 19.3 Å². The third-order valence-corrected chi connectivity index (χ3v) is 8.68. The molecule has 0 N–H and O–H groups in total. The summed E-state index contributed by atoms with van der Waals surface area (Å²) in [5, 5.41) is 0. The lowest BCUT2D eigenvalue weighted by atomic mass is 9.95. The van der Waals surface area contributed by atoms with Crippen molar-refractivity contribution in [3.63, 3.8) is 0 Å². The van der Waals surface area contributed by atoms with Crippen molar-refractivity contribution in [2.45, 2.75) is 51.1 Å². The second-order valence-electron chi connectivity index (χ2n) is 10.8. The van der Waals surface area contributed by atoms with Gasteiger partial charge < -0.3 is 13.9 Å². The molecule has 0 spiro atoms. The third-order valence-electron chi connectivity index (χ3n) is 8.68. The molecule has 5 atom stereocenters. The van der Waals surface area contributed by atoms with Crippen LogP contribution in [0.3, 0.4) is 0 Å². The van der Waals surface area contributed by atoms with Crippen LogP contribution >= 0.6 is 0 Å². The molecule has 3 heterocycles. The Labute approximate surface area is 228 Å². The lowest BCUT2D eigenvalue weighted by Crippen LogP contribution is -2.13. The quantitative estimate of drug-likeness (QED) is 0.267. The number of hydrogen-bond acceptors (Lipinski definition) is 6. The molecule has 7 nitrogen and oxygen atoms in total. The standard InChI is InChI=1S/C30H27F3N4O3/c1-2-39-29(38)26-19-9-15(10-20(19)26)28-34-12-16(13-35-28)21-14-37-25(11-22(21)31)36-23-8-7-18(27(23)37)17-5-3-4-6-24(17)40-30(32)33/h3-6,11-15,18-20,26,30H,2,7-10H2,1H3/t15?,18-,19-,20+,26+/m1/s1. The molecule has 2 fully saturated rings. The molecule has 3 aliphatic carbocycles. The number of hydrogen-bond donors (Lipinski definition) is 0. The monoisotopic (exact) mass is 548 g/mol. The fourth-order valence-electron chi connectivity index (χ4n) is 6.92. The fourth-order valence-corrected chi connectivity index (χ4v) is 6.92. The summed E-state index contributed by atoms with van der Waals surface area (Å²) in [6.45, 7) is -0.714. The van der Waals surface area contributed by atoms with Crippen LogP contribution in [-0.2, 0) is 16.0 Å². The number of alkyl halides is 2. The Bertz CT molecular complexity index is 1590. The average molecular weight is 549 g/mol. The molecular weight excluding hydrogens is 521 g/mol. The number of esters is 1. The largest absolute Gasteiger partial charge is 0.466 e. The van der Waals surface area contributed by atoms with Crippen molar-refractivity contribution in [3.8, 4) is 16.9 Å². The Balaban J connectivity index is 1.16. The van der Waals surface area contributed by atoms with E-state index >= 15 is 4.39 Å². The molecule has 3 aromatic heterocycles. The van der Waals surface area contributed by atoms with Gasteiger partial charge in [0.15, 0.2) is 0 Å². The molecule has 10 heteroatoms. The van der Waals surface area contributed by atoms with Crippen LogP contribution in [0.5, 0.6) is 5.75 Å². The predicted molar refractivity (Wildman–Crippen MR) is 138 cm³/mol. The molecule has 4 aromatic rings. The zero-order chi connectivity index (χ0) is 27.5. The molecular formula is C30H27F3N4O3. The van der Waals surface area contributed by atoms with Crippen molar-refractivity contribution < 1.29 is 27.4 Å². The number of halogens is 3. The Kier molecular flexibility index (Phi) is 6.01. The van der Waals surface area contributed by atoms with E-state index in [0.717, 1.165) is 24.2 Å². The van der Waals surface area contributed by atoms with Gasteiger partial charge in [-0.3, -0.25) is 4.79 Å². The predicted octanol–water partition coefficient (Wildman–Crippen LogP) is 5.91. The Morgan fingerprint density at radius 2 is 1.90 bits per heavy atom. The number of imidazole rings is 1. The van der Waals surface area contributed by atoms with Gasteiger partial charge in [-0.05, 0) is 50.5 Å². The van der Waals surface area contributed by atoms with Gasteiger partial charge in [-0.15, -0.1) is 0 Å². The zero-order valence-electron chi connectivity index (χ0n) is 21.8. The van der Waals surface area contributed by atoms with Crippen molar-refractivity contribution >= 4 is 11.6 Å². The van der Waals surface area contributed by atoms with Gasteiger partial charge in [0.2, 0.25) is 0 Å². The Hall–Kier alpha value is -3.95. The first-order valence-electron chi connectivity index (χ1n) is 13.7. The number of aromatic nitrogens is 4. The average Bonchev–Trinajstić information content (AvgIpc) is 3.25. The van der Waals surface area contributed by atoms with E-state index in [4.69, 9.17) is 9.47 Å². The van der Waals surface area contributed by atoms with Gasteiger partial charge in [0.25, 0.3) is 0 Å². The summed E-state index contributed by atoms with van der Waals surface area (Å²) in [5.74, 6) is 0.930. The molecule has 0 bridgehead atoms. The number of para-hydroxylation sites is 1. The van der Waals surface area contributed by atoms with Gasteiger partial charge in [0.05, 0.1) is 23.9 Å². The van der Waals surface area contributed by atoms with Crippen LogP contribution in [0.4, 0.5) is 13.2 Å². The number of rotatable bonds is 7. The summed E-state index contributed by atoms with van der Waals surface area (Å²) < 4.78 is 53.3. The van der Waals surface area contributed by atoms with Gasteiger partial charge in [-0.1, -0.05) is 18.2 Å². The van der Waals surface area contributed by atoms with Crippen molar-refractivity contribution in [2.24, 2.45) is 17.8 Å². The van der Waals surface area contributed by atoms with E-state index in [9.17, 15) is 13.6 Å². The molecule has 7 rings (SSSR count). The molecule has 0 saturated heterocycles. The number of nitrogens with zero attached hydrogens (tertiary/aromatic N) is 4. The van der Waals surface area contributed by atoms with Crippen molar-refractivity contribution in [3.05, 3.63) is 77.5 Å². The first-order chi connectivity index (χ1) is 19.4. The maximum Gasteiger partial charge on any atom is 0.387 e. The molecule has 1 aromatic carbocycles. The van der Waals surface area contributed by atoms with Gasteiger partial charge in [-0.2, -0.15) is 8.78 Å². The molecule has 2 saturated carbocycles. The number of ether oxygens (including phenoxy) is 2. The van der Waals surface area contributed by atoms with E-state index in [1.807, 2.05) is 11.3 Å². The Morgan fingerprint density at radius 1 is 1.15 bits per heavy atom. The first kappa shape index (κ1) is 25.0. The molecule has 206 valence electrons. The van der Waals surface area contributed by atoms with Crippen LogP contribution in [0.2, 0.25) is 0 Å². The molecule has 0 aliphatic heterocycles. The summed E-state index contributed by atoms with van der Waals surface area (Å²) in [6, 6.07) is 8.17. The normalized spacial score (nSPS) is 24.8. The van der Waals surface area contributed by atoms with Crippen LogP contribution in [0.25, 0.3) is 16.8 Å². The summed E-state index contributed by atoms with van der Waals surface area (Å²) in [7, 11) is 0. The van der Waals surface area contributed by atoms with Crippen molar-refractivity contribution in [2.75, 3.05) is 6.61 Å². The van der Waals surface area contributed by atoms with Gasteiger partial charge >= 0.3 is 12.6 Å². The minimum atomic E-state index is -2.93. The summed E-state index contributed by atoms with van der Waals surface area (Å²) in [5.41, 5.74) is 3.65. The minimum Gasteiger partial charge on any atom is -0.466 e. The maximum absolute atomic E-state index is 15.3. The van der Waals surface area contributed by atoms with E-state index in [1.165, 1.54) is 12.1 Å². The highest BCUT2D eigenvalue weighted by Gasteiger charge is 2.60. The summed E-state index contributed by atoms with van der Waals surface area (Å²) in [6.07, 6.45) is 8.02. The smallest absolute Gasteiger partial charge is 0.387 e. The lowest BCUT2D eigenvalue weighted by molar-refractivity contribution is -0.145. The summed E-state index contributed by atoms with van der Waals surface area (Å²) >= 11 is 0. The molecule has 40 heavy (non-hydrogen) atoms. The van der Waals surface area contributed by atoms with Crippen LogP contribution in [0.1, 0.15) is 60.8 Å². The zero-order valence-corrected chi connectivity index (χ0v) is 21.8. The Morgan fingerprint density at radius 3 is 2.62 bits per heavy atom. The van der Waals surface area contributed by atoms with Gasteiger partial charge in [0, 0.05) is 53.2 Å². The summed E-state index contributed by atoms with van der Waals surface area (Å²) in [4.78, 5) is 25.9. The number of carbonyl (C=O) groups excluding carboxylic acids is 1. The topological polar surface area (TPSA) is 78.6 Å². The lowest BCUT2D eigenvalue weighted by Gasteiger charge is -2.17. The molecule has 1 unspecified atom stereocenters. The highest BCUT2D eigenvalue weighted by atomic mass is 19.3. The third kappa shape index (κ3) is 4.12. The highest BCUT2D eigenvalue weighted by molar-refractivity contribution is 5.77. The van der Waals surface area contributed by atoms with E-state index < -0.39 is 12.4 Å². The fraction of sp³-hybridized carbons (Fsp3) is 0.400. The van der Waals surface area contributed by atoms with Crippen LogP contribution in [-0.4, -0.2) is 38.5 Å². The number of carbonyl (C=O) groups is 1. The van der Waals surface area contributed by atoms with Crippen LogP contribution in [0.15, 0.2) is 48.9 Å². The van der Waals surface area contributed by atoms with E-state index in [1.54, 1.807) is 36.8 Å². The first-order valence-corrected chi connectivity index (χ1v) is 13.7. The van der Waals surface area contributed by atoms with Crippen molar-refractivity contribution in [1.29, 1.82) is 0 Å². The SMILES string of the molecule is CCOC(=O)[C@H]1[C@@H]2CC(c3ncc(-c4cn5c6c(nc5cc4F)CC[C@@H]6c4ccccc4OC(F)F)cn3)C[C@@H]21. The number of fused-ring (bicyclic) bond motifs is 4. The molecule has 3 aliphatic rings. The maximum atomic E-state index is 15.3. The second-order valence-corrected chi connectivity index (χ2v) is 10.8. The highest BCUT2D eigenvalue weighted by Crippen LogP contribution is 2.62.